The Hall–Kier alpha value is -3.22. The van der Waals surface area contributed by atoms with E-state index in [1.54, 1.807) is 42.5 Å². The summed E-state index contributed by atoms with van der Waals surface area (Å²) < 4.78 is 0.936. The van der Waals surface area contributed by atoms with Crippen LogP contribution in [0.5, 0.6) is 0 Å². The van der Waals surface area contributed by atoms with Gasteiger partial charge in [-0.3, -0.25) is 5.41 Å². The molecule has 1 aromatic heterocycles. The van der Waals surface area contributed by atoms with Crippen LogP contribution in [0.15, 0.2) is 48.5 Å². The number of hydrogen-bond donors (Lipinski definition) is 1. The second-order valence-electron chi connectivity index (χ2n) is 4.72. The molecule has 0 spiro atoms. The van der Waals surface area contributed by atoms with Crippen LogP contribution in [0.2, 0.25) is 0 Å². The minimum absolute atomic E-state index is 0.204. The van der Waals surface area contributed by atoms with E-state index >= 15 is 0 Å². The summed E-state index contributed by atoms with van der Waals surface area (Å²) in [5.41, 5.74) is 1.40. The Bertz CT molecular complexity index is 916. The maximum atomic E-state index is 12.2. The van der Waals surface area contributed by atoms with E-state index in [9.17, 15) is 10.0 Å². The first-order valence-corrected chi connectivity index (χ1v) is 6.52. The number of benzene rings is 2. The summed E-state index contributed by atoms with van der Waals surface area (Å²) in [7, 11) is 0. The molecule has 7 heteroatoms. The average molecular weight is 296 g/mol. The Balaban J connectivity index is 2.06. The van der Waals surface area contributed by atoms with E-state index < -0.39 is 11.6 Å². The molecule has 0 aliphatic heterocycles. The van der Waals surface area contributed by atoms with Gasteiger partial charge in [-0.2, -0.15) is 0 Å². The molecule has 0 aliphatic carbocycles. The molecule has 1 N–H and O–H groups in total. The molecule has 7 nitrogen and oxygen atoms in total. The molecule has 3 aromatic rings. The predicted octanol–water partition coefficient (Wildman–Crippen LogP) is 0.727. The third-order valence-corrected chi connectivity index (χ3v) is 3.15. The van der Waals surface area contributed by atoms with Crippen LogP contribution in [-0.2, 0) is 0 Å². The van der Waals surface area contributed by atoms with Crippen molar-refractivity contribution >= 4 is 17.0 Å². The molecule has 0 bridgehead atoms. The van der Waals surface area contributed by atoms with Crippen molar-refractivity contribution in [3.8, 4) is 0 Å². The van der Waals surface area contributed by atoms with Crippen molar-refractivity contribution in [1.29, 1.82) is 5.41 Å². The smallest absolute Gasteiger partial charge is 0.363 e. The second kappa shape index (κ2) is 5.28. The van der Waals surface area contributed by atoms with Crippen molar-refractivity contribution in [2.75, 3.05) is 0 Å². The molecule has 2 aromatic carbocycles. The standard InChI is InChI=1S/C15H12N4O3/c1-10-6-8-11(9-7-10)14(20)22-18-12-4-2-3-5-13(12)19(21)17-15(18)16/h2-9,16H,1H3. The van der Waals surface area contributed by atoms with Gasteiger partial charge in [-0.1, -0.05) is 29.8 Å². The molecule has 0 atom stereocenters. The van der Waals surface area contributed by atoms with Crippen LogP contribution >= 0.6 is 0 Å². The van der Waals surface area contributed by atoms with Crippen LogP contribution in [0.25, 0.3) is 11.0 Å². The molecule has 1 heterocycles. The zero-order chi connectivity index (χ0) is 15.7. The van der Waals surface area contributed by atoms with E-state index in [1.807, 2.05) is 6.92 Å². The Labute approximate surface area is 125 Å². The van der Waals surface area contributed by atoms with Gasteiger partial charge in [-0.05, 0) is 30.0 Å². The lowest BCUT2D eigenvalue weighted by Gasteiger charge is -2.09. The maximum Gasteiger partial charge on any atom is 0.363 e. The van der Waals surface area contributed by atoms with E-state index in [2.05, 4.69) is 5.10 Å². The van der Waals surface area contributed by atoms with Crippen LogP contribution < -0.4 is 15.3 Å². The SMILES string of the molecule is Cc1ccc(C(=O)On2c(=N)n[n+]([O-])c3ccccc32)cc1. The van der Waals surface area contributed by atoms with Crippen molar-refractivity contribution in [3.05, 3.63) is 70.5 Å². The number of carbonyl (C=O) groups is 1. The van der Waals surface area contributed by atoms with Crippen LogP contribution in [0.1, 0.15) is 15.9 Å². The molecule has 0 saturated heterocycles. The molecule has 110 valence electrons. The van der Waals surface area contributed by atoms with Crippen LogP contribution in [0, 0.1) is 17.5 Å². The molecule has 3 rings (SSSR count). The predicted molar refractivity (Wildman–Crippen MR) is 76.6 cm³/mol. The summed E-state index contributed by atoms with van der Waals surface area (Å²) >= 11 is 0. The molecule has 0 unspecified atom stereocenters. The highest BCUT2D eigenvalue weighted by Gasteiger charge is 2.16. The zero-order valence-corrected chi connectivity index (χ0v) is 11.7. The number of carbonyl (C=O) groups excluding carboxylic acids is 1. The van der Waals surface area contributed by atoms with Gasteiger partial charge in [-0.25, -0.2) is 4.79 Å². The van der Waals surface area contributed by atoms with Crippen molar-refractivity contribution in [3.63, 3.8) is 0 Å². The van der Waals surface area contributed by atoms with Crippen molar-refractivity contribution in [1.82, 2.24) is 9.83 Å². The summed E-state index contributed by atoms with van der Waals surface area (Å²) in [5, 5.41) is 22.9. The summed E-state index contributed by atoms with van der Waals surface area (Å²) in [6.45, 7) is 1.91. The van der Waals surface area contributed by atoms with Gasteiger partial charge in [0.2, 0.25) is 0 Å². The molecule has 22 heavy (non-hydrogen) atoms. The Morgan fingerprint density at radius 1 is 1.23 bits per heavy atom. The van der Waals surface area contributed by atoms with Gasteiger partial charge < -0.3 is 10.0 Å². The van der Waals surface area contributed by atoms with E-state index in [0.717, 1.165) is 10.3 Å². The normalized spacial score (nSPS) is 10.6. The Morgan fingerprint density at radius 2 is 1.91 bits per heavy atom. The molecular weight excluding hydrogens is 284 g/mol. The number of fused-ring (bicyclic) bond motifs is 1. The topological polar surface area (TPSA) is 94.9 Å². The first-order valence-electron chi connectivity index (χ1n) is 6.52. The number of rotatable bonds is 2. The Kier molecular flexibility index (Phi) is 3.30. The lowest BCUT2D eigenvalue weighted by Crippen LogP contribution is -2.45. The number of aromatic nitrogens is 3. The molecule has 0 amide bonds. The lowest BCUT2D eigenvalue weighted by atomic mass is 10.2. The monoisotopic (exact) mass is 296 g/mol. The van der Waals surface area contributed by atoms with Gasteiger partial charge in [-0.15, -0.1) is 4.73 Å². The highest BCUT2D eigenvalue weighted by molar-refractivity contribution is 5.90. The second-order valence-corrected chi connectivity index (χ2v) is 4.72. The van der Waals surface area contributed by atoms with Crippen molar-refractivity contribution in [2.45, 2.75) is 6.92 Å². The first-order chi connectivity index (χ1) is 10.6. The summed E-state index contributed by atoms with van der Waals surface area (Å²) in [6.07, 6.45) is 0. The number of aryl methyl sites for hydroxylation is 1. The molecular formula is C15H12N4O3. The van der Waals surface area contributed by atoms with Crippen LogP contribution in [0.4, 0.5) is 0 Å². The number of para-hydroxylation sites is 2. The van der Waals surface area contributed by atoms with E-state index in [4.69, 9.17) is 10.2 Å². The summed E-state index contributed by atoms with van der Waals surface area (Å²) in [6, 6.07) is 13.3. The minimum atomic E-state index is -0.630. The number of nitrogens with zero attached hydrogens (tertiary/aromatic N) is 3. The molecule has 0 fully saturated rings. The van der Waals surface area contributed by atoms with Crippen LogP contribution in [-0.4, -0.2) is 15.8 Å². The highest BCUT2D eigenvalue weighted by atomic mass is 16.7. The number of hydrogen-bond acceptors (Lipinski definition) is 5. The van der Waals surface area contributed by atoms with Gasteiger partial charge >= 0.3 is 11.6 Å². The van der Waals surface area contributed by atoms with Gasteiger partial charge in [0.15, 0.2) is 5.52 Å². The summed E-state index contributed by atoms with van der Waals surface area (Å²) in [4.78, 5) is 17.7. The Morgan fingerprint density at radius 3 is 2.64 bits per heavy atom. The summed E-state index contributed by atoms with van der Waals surface area (Å²) in [5.74, 6) is -0.630. The maximum absolute atomic E-state index is 12.2. The van der Waals surface area contributed by atoms with Gasteiger partial charge in [0.25, 0.3) is 5.52 Å². The highest BCUT2D eigenvalue weighted by Crippen LogP contribution is 2.07. The molecule has 0 saturated carbocycles. The number of nitrogens with one attached hydrogen (secondary N) is 1. The van der Waals surface area contributed by atoms with Gasteiger partial charge in [0.1, 0.15) is 0 Å². The van der Waals surface area contributed by atoms with Crippen molar-refractivity contribution in [2.24, 2.45) is 0 Å². The van der Waals surface area contributed by atoms with Gasteiger partial charge in [0.05, 0.1) is 10.7 Å². The van der Waals surface area contributed by atoms with Crippen molar-refractivity contribution < 1.29 is 14.5 Å². The zero-order valence-electron chi connectivity index (χ0n) is 11.7. The third-order valence-electron chi connectivity index (χ3n) is 3.15. The van der Waals surface area contributed by atoms with E-state index in [0.29, 0.717) is 10.4 Å². The largest absolute Gasteiger partial charge is 0.594 e. The average Bonchev–Trinajstić information content (AvgIpc) is 2.52. The van der Waals surface area contributed by atoms with E-state index in [-0.39, 0.29) is 11.0 Å². The minimum Gasteiger partial charge on any atom is -0.594 e. The molecule has 0 aliphatic rings. The van der Waals surface area contributed by atoms with E-state index in [1.165, 1.54) is 6.07 Å². The quantitative estimate of drug-likeness (QED) is 0.557. The van der Waals surface area contributed by atoms with Crippen LogP contribution in [0.3, 0.4) is 0 Å². The lowest BCUT2D eigenvalue weighted by molar-refractivity contribution is -0.645. The first kappa shape index (κ1) is 13.7. The fraction of sp³-hybridized carbons (Fsp3) is 0.0667. The van der Waals surface area contributed by atoms with Gasteiger partial charge in [0, 0.05) is 6.07 Å². The fourth-order valence-corrected chi connectivity index (χ4v) is 2.01. The fourth-order valence-electron chi connectivity index (χ4n) is 2.01. The molecule has 0 radical (unpaired) electrons. The third kappa shape index (κ3) is 2.39.